The molecule has 1 fully saturated rings. The highest BCUT2D eigenvalue weighted by molar-refractivity contribution is 6.31. The zero-order chi connectivity index (χ0) is 11.5. The molecule has 1 atom stereocenters. The minimum absolute atomic E-state index is 0.192. The second-order valence-electron chi connectivity index (χ2n) is 4.50. The molecule has 1 amide bonds. The smallest absolute Gasteiger partial charge is 0.227 e. The van der Waals surface area contributed by atoms with E-state index < -0.39 is 0 Å². The summed E-state index contributed by atoms with van der Waals surface area (Å²) < 4.78 is 0. The summed E-state index contributed by atoms with van der Waals surface area (Å²) in [5, 5.41) is 0.683. The third kappa shape index (κ3) is 2.56. The SMILES string of the molecule is CC1CCN(C(=O)Cc2ccccc2Cl)C1. The molecule has 1 aliphatic heterocycles. The summed E-state index contributed by atoms with van der Waals surface area (Å²) in [7, 11) is 0. The van der Waals surface area contributed by atoms with Gasteiger partial charge in [0.15, 0.2) is 0 Å². The molecule has 16 heavy (non-hydrogen) atoms. The van der Waals surface area contributed by atoms with E-state index in [1.54, 1.807) is 0 Å². The zero-order valence-corrected chi connectivity index (χ0v) is 10.2. The quantitative estimate of drug-likeness (QED) is 0.775. The molecule has 86 valence electrons. The third-order valence-electron chi connectivity index (χ3n) is 3.08. The van der Waals surface area contributed by atoms with E-state index in [1.807, 2.05) is 29.2 Å². The molecule has 1 aliphatic rings. The Morgan fingerprint density at radius 2 is 2.25 bits per heavy atom. The first-order valence-corrected chi connectivity index (χ1v) is 6.06. The van der Waals surface area contributed by atoms with Gasteiger partial charge in [-0.05, 0) is 24.0 Å². The van der Waals surface area contributed by atoms with Crippen LogP contribution in [0.2, 0.25) is 5.02 Å². The Kier molecular flexibility index (Phi) is 3.49. The molecule has 0 bridgehead atoms. The molecule has 0 spiro atoms. The third-order valence-corrected chi connectivity index (χ3v) is 3.44. The Morgan fingerprint density at radius 3 is 2.88 bits per heavy atom. The Bertz CT molecular complexity index is 391. The number of amides is 1. The number of nitrogens with zero attached hydrogens (tertiary/aromatic N) is 1. The number of likely N-dealkylation sites (tertiary alicyclic amines) is 1. The summed E-state index contributed by atoms with van der Waals surface area (Å²) in [4.78, 5) is 13.9. The number of carbonyl (C=O) groups excluding carboxylic acids is 1. The van der Waals surface area contributed by atoms with Crippen LogP contribution in [0.15, 0.2) is 24.3 Å². The molecule has 0 saturated carbocycles. The average Bonchev–Trinajstić information content (AvgIpc) is 2.68. The topological polar surface area (TPSA) is 20.3 Å². The lowest BCUT2D eigenvalue weighted by Gasteiger charge is -2.16. The molecule has 1 aromatic carbocycles. The van der Waals surface area contributed by atoms with Gasteiger partial charge in [-0.3, -0.25) is 4.79 Å². The van der Waals surface area contributed by atoms with Gasteiger partial charge < -0.3 is 4.90 Å². The molecule has 1 unspecified atom stereocenters. The Balaban J connectivity index is 2.00. The fourth-order valence-electron chi connectivity index (χ4n) is 2.08. The lowest BCUT2D eigenvalue weighted by atomic mass is 10.1. The number of halogens is 1. The summed E-state index contributed by atoms with van der Waals surface area (Å²) >= 11 is 6.03. The number of carbonyl (C=O) groups is 1. The van der Waals surface area contributed by atoms with Gasteiger partial charge in [0, 0.05) is 18.1 Å². The Labute approximate surface area is 101 Å². The molecular formula is C13H16ClNO. The van der Waals surface area contributed by atoms with Gasteiger partial charge in [-0.25, -0.2) is 0 Å². The summed E-state index contributed by atoms with van der Waals surface area (Å²) in [5.41, 5.74) is 0.925. The first-order valence-electron chi connectivity index (χ1n) is 5.68. The van der Waals surface area contributed by atoms with E-state index in [2.05, 4.69) is 6.92 Å². The van der Waals surface area contributed by atoms with Crippen LogP contribution in [0.25, 0.3) is 0 Å². The van der Waals surface area contributed by atoms with Crippen LogP contribution in [-0.4, -0.2) is 23.9 Å². The van der Waals surface area contributed by atoms with Crippen LogP contribution in [0.3, 0.4) is 0 Å². The standard InChI is InChI=1S/C13H16ClNO/c1-10-6-7-15(9-10)13(16)8-11-4-2-3-5-12(11)14/h2-5,10H,6-9H2,1H3. The normalized spacial score (nSPS) is 20.1. The van der Waals surface area contributed by atoms with Gasteiger partial charge in [0.05, 0.1) is 6.42 Å². The van der Waals surface area contributed by atoms with E-state index >= 15 is 0 Å². The van der Waals surface area contributed by atoms with E-state index in [0.29, 0.717) is 17.4 Å². The van der Waals surface area contributed by atoms with Crippen LogP contribution in [0.1, 0.15) is 18.9 Å². The highest BCUT2D eigenvalue weighted by Gasteiger charge is 2.23. The van der Waals surface area contributed by atoms with Crippen molar-refractivity contribution in [3.05, 3.63) is 34.9 Å². The fraction of sp³-hybridized carbons (Fsp3) is 0.462. The lowest BCUT2D eigenvalue weighted by molar-refractivity contribution is -0.129. The molecule has 0 aromatic heterocycles. The number of hydrogen-bond acceptors (Lipinski definition) is 1. The van der Waals surface area contributed by atoms with E-state index in [9.17, 15) is 4.79 Å². The van der Waals surface area contributed by atoms with Crippen LogP contribution in [0.4, 0.5) is 0 Å². The van der Waals surface area contributed by atoms with Crippen LogP contribution in [-0.2, 0) is 11.2 Å². The van der Waals surface area contributed by atoms with E-state index in [4.69, 9.17) is 11.6 Å². The van der Waals surface area contributed by atoms with Crippen molar-refractivity contribution >= 4 is 17.5 Å². The maximum Gasteiger partial charge on any atom is 0.227 e. The van der Waals surface area contributed by atoms with Gasteiger partial charge >= 0.3 is 0 Å². The monoisotopic (exact) mass is 237 g/mol. The van der Waals surface area contributed by atoms with Crippen molar-refractivity contribution in [1.29, 1.82) is 0 Å². The molecule has 3 heteroatoms. The number of hydrogen-bond donors (Lipinski definition) is 0. The predicted octanol–water partition coefficient (Wildman–Crippen LogP) is 2.75. The molecule has 1 aromatic rings. The maximum atomic E-state index is 12.0. The maximum absolute atomic E-state index is 12.0. The molecule has 0 radical (unpaired) electrons. The van der Waals surface area contributed by atoms with Crippen molar-refractivity contribution in [2.75, 3.05) is 13.1 Å². The van der Waals surface area contributed by atoms with Gasteiger partial charge in [0.25, 0.3) is 0 Å². The fourth-order valence-corrected chi connectivity index (χ4v) is 2.28. The highest BCUT2D eigenvalue weighted by atomic mass is 35.5. The van der Waals surface area contributed by atoms with Crippen molar-refractivity contribution in [2.24, 2.45) is 5.92 Å². The van der Waals surface area contributed by atoms with Crippen molar-refractivity contribution < 1.29 is 4.79 Å². The molecule has 2 rings (SSSR count). The number of rotatable bonds is 2. The van der Waals surface area contributed by atoms with Crippen molar-refractivity contribution in [3.63, 3.8) is 0 Å². The van der Waals surface area contributed by atoms with Crippen molar-refractivity contribution in [1.82, 2.24) is 4.90 Å². The van der Waals surface area contributed by atoms with E-state index in [1.165, 1.54) is 0 Å². The first kappa shape index (κ1) is 11.5. The van der Waals surface area contributed by atoms with Gasteiger partial charge in [0.2, 0.25) is 5.91 Å². The van der Waals surface area contributed by atoms with E-state index in [0.717, 1.165) is 25.1 Å². The summed E-state index contributed by atoms with van der Waals surface area (Å²) in [6.07, 6.45) is 1.54. The van der Waals surface area contributed by atoms with Crippen molar-refractivity contribution in [3.8, 4) is 0 Å². The summed E-state index contributed by atoms with van der Waals surface area (Å²) in [6, 6.07) is 7.55. The lowest BCUT2D eigenvalue weighted by Crippen LogP contribution is -2.29. The van der Waals surface area contributed by atoms with Gasteiger partial charge in [-0.15, -0.1) is 0 Å². The molecule has 0 aliphatic carbocycles. The minimum Gasteiger partial charge on any atom is -0.342 e. The average molecular weight is 238 g/mol. The van der Waals surface area contributed by atoms with E-state index in [-0.39, 0.29) is 5.91 Å². The summed E-state index contributed by atoms with van der Waals surface area (Å²) in [5.74, 6) is 0.827. The molecule has 2 nitrogen and oxygen atoms in total. The summed E-state index contributed by atoms with van der Waals surface area (Å²) in [6.45, 7) is 3.97. The zero-order valence-electron chi connectivity index (χ0n) is 9.45. The molecule has 0 N–H and O–H groups in total. The molecule has 1 heterocycles. The Morgan fingerprint density at radius 1 is 1.50 bits per heavy atom. The Hall–Kier alpha value is -1.02. The molecule has 1 saturated heterocycles. The van der Waals surface area contributed by atoms with Crippen LogP contribution < -0.4 is 0 Å². The van der Waals surface area contributed by atoms with Crippen LogP contribution in [0.5, 0.6) is 0 Å². The minimum atomic E-state index is 0.192. The predicted molar refractivity (Wildman–Crippen MR) is 65.5 cm³/mol. The number of benzene rings is 1. The van der Waals surface area contributed by atoms with Crippen LogP contribution in [0, 0.1) is 5.92 Å². The van der Waals surface area contributed by atoms with Gasteiger partial charge in [0.1, 0.15) is 0 Å². The second kappa shape index (κ2) is 4.88. The van der Waals surface area contributed by atoms with Gasteiger partial charge in [-0.2, -0.15) is 0 Å². The first-order chi connectivity index (χ1) is 7.66. The molecular weight excluding hydrogens is 222 g/mol. The van der Waals surface area contributed by atoms with Gasteiger partial charge in [-0.1, -0.05) is 36.7 Å². The van der Waals surface area contributed by atoms with Crippen molar-refractivity contribution in [2.45, 2.75) is 19.8 Å². The highest BCUT2D eigenvalue weighted by Crippen LogP contribution is 2.19. The second-order valence-corrected chi connectivity index (χ2v) is 4.91. The van der Waals surface area contributed by atoms with Crippen LogP contribution >= 0.6 is 11.6 Å². The largest absolute Gasteiger partial charge is 0.342 e.